The molecule has 1 aromatic rings. The first-order valence-corrected chi connectivity index (χ1v) is 7.85. The Morgan fingerprint density at radius 2 is 1.74 bits per heavy atom. The lowest BCUT2D eigenvalue weighted by molar-refractivity contribution is -0.155. The summed E-state index contributed by atoms with van der Waals surface area (Å²) in [7, 11) is 0. The van der Waals surface area contributed by atoms with E-state index in [2.05, 4.69) is 0 Å². The second-order valence-electron chi connectivity index (χ2n) is 6.42. The molecule has 1 amide bonds. The van der Waals surface area contributed by atoms with E-state index in [9.17, 15) is 23.5 Å². The molecule has 0 bridgehead atoms. The van der Waals surface area contributed by atoms with Crippen molar-refractivity contribution >= 4 is 11.9 Å². The lowest BCUT2D eigenvalue weighted by Gasteiger charge is -2.38. The van der Waals surface area contributed by atoms with E-state index in [1.807, 2.05) is 24.3 Å². The fourth-order valence-electron chi connectivity index (χ4n) is 3.50. The number of carboxylic acids is 1. The number of benzene rings is 1. The van der Waals surface area contributed by atoms with Crippen molar-refractivity contribution in [3.8, 4) is 0 Å². The van der Waals surface area contributed by atoms with Gasteiger partial charge in [0.1, 0.15) is 6.04 Å². The third-order valence-corrected chi connectivity index (χ3v) is 4.88. The first-order valence-electron chi connectivity index (χ1n) is 7.85. The van der Waals surface area contributed by atoms with Crippen molar-refractivity contribution in [3.63, 3.8) is 0 Å². The lowest BCUT2D eigenvalue weighted by atomic mass is 9.84. The summed E-state index contributed by atoms with van der Waals surface area (Å²) in [4.78, 5) is 25.6. The highest BCUT2D eigenvalue weighted by Gasteiger charge is 2.42. The molecule has 0 spiro atoms. The molecule has 1 fully saturated rings. The fraction of sp³-hybridized carbons (Fsp3) is 0.529. The second kappa shape index (κ2) is 5.91. The molecule has 0 aromatic heterocycles. The number of carbonyl (C=O) groups is 2. The molecule has 1 heterocycles. The fourth-order valence-corrected chi connectivity index (χ4v) is 3.50. The zero-order valence-electron chi connectivity index (χ0n) is 12.7. The minimum atomic E-state index is -2.70. The van der Waals surface area contributed by atoms with Crippen molar-refractivity contribution in [3.05, 3.63) is 35.4 Å². The summed E-state index contributed by atoms with van der Waals surface area (Å²) < 4.78 is 26.5. The van der Waals surface area contributed by atoms with Crippen LogP contribution in [-0.4, -0.2) is 33.8 Å². The molecule has 1 saturated carbocycles. The average Bonchev–Trinajstić information content (AvgIpc) is 2.53. The Kier molecular flexibility index (Phi) is 4.08. The van der Waals surface area contributed by atoms with Crippen LogP contribution >= 0.6 is 0 Å². The molecule has 6 heteroatoms. The van der Waals surface area contributed by atoms with Crippen LogP contribution in [0.3, 0.4) is 0 Å². The van der Waals surface area contributed by atoms with Gasteiger partial charge < -0.3 is 10.0 Å². The van der Waals surface area contributed by atoms with Gasteiger partial charge in [0.2, 0.25) is 11.8 Å². The highest BCUT2D eigenvalue weighted by atomic mass is 19.3. The molecule has 1 aromatic carbocycles. The van der Waals surface area contributed by atoms with E-state index < -0.39 is 23.9 Å². The number of hydrogen-bond donors (Lipinski definition) is 1. The summed E-state index contributed by atoms with van der Waals surface area (Å²) in [5.41, 5.74) is 1.86. The second-order valence-corrected chi connectivity index (χ2v) is 6.42. The molecule has 1 unspecified atom stereocenters. The summed E-state index contributed by atoms with van der Waals surface area (Å²) in [5, 5.41) is 9.45. The Bertz CT molecular complexity index is 622. The van der Waals surface area contributed by atoms with E-state index >= 15 is 0 Å². The Hall–Kier alpha value is -1.98. The lowest BCUT2D eigenvalue weighted by Crippen LogP contribution is -2.51. The van der Waals surface area contributed by atoms with Gasteiger partial charge in [0.25, 0.3) is 0 Å². The maximum atomic E-state index is 13.3. The molecule has 124 valence electrons. The van der Waals surface area contributed by atoms with Gasteiger partial charge in [-0.05, 0) is 24.0 Å². The minimum absolute atomic E-state index is 0.121. The van der Waals surface area contributed by atoms with Crippen LogP contribution < -0.4 is 0 Å². The number of nitrogens with zero attached hydrogens (tertiary/aromatic N) is 1. The Morgan fingerprint density at radius 1 is 1.13 bits per heavy atom. The van der Waals surface area contributed by atoms with Crippen molar-refractivity contribution in [1.29, 1.82) is 0 Å². The van der Waals surface area contributed by atoms with E-state index in [0.29, 0.717) is 0 Å². The highest BCUT2D eigenvalue weighted by molar-refractivity contribution is 5.86. The summed E-state index contributed by atoms with van der Waals surface area (Å²) in [6.45, 7) is 0.235. The van der Waals surface area contributed by atoms with Crippen molar-refractivity contribution in [2.45, 2.75) is 50.6 Å². The van der Waals surface area contributed by atoms with E-state index in [1.54, 1.807) is 0 Å². The number of carbonyl (C=O) groups excluding carboxylic acids is 1. The molecule has 0 saturated heterocycles. The monoisotopic (exact) mass is 323 g/mol. The predicted molar refractivity (Wildman–Crippen MR) is 79.0 cm³/mol. The predicted octanol–water partition coefficient (Wildman–Crippen LogP) is 2.85. The third kappa shape index (κ3) is 3.21. The van der Waals surface area contributed by atoms with Gasteiger partial charge in [-0.15, -0.1) is 0 Å². The molecular weight excluding hydrogens is 304 g/mol. The number of carboxylic acid groups (broad SMARTS) is 1. The van der Waals surface area contributed by atoms with Crippen molar-refractivity contribution in [1.82, 2.24) is 4.90 Å². The molecule has 1 aliphatic heterocycles. The molecular formula is C17H19F2NO3. The number of halogens is 2. The van der Waals surface area contributed by atoms with Gasteiger partial charge in [0.05, 0.1) is 0 Å². The van der Waals surface area contributed by atoms with E-state index in [0.717, 1.165) is 11.1 Å². The molecule has 2 aliphatic rings. The van der Waals surface area contributed by atoms with Gasteiger partial charge in [-0.3, -0.25) is 4.79 Å². The Labute approximate surface area is 133 Å². The maximum Gasteiger partial charge on any atom is 0.326 e. The Morgan fingerprint density at radius 3 is 2.35 bits per heavy atom. The number of alkyl halides is 2. The quantitative estimate of drug-likeness (QED) is 0.910. The maximum absolute atomic E-state index is 13.3. The molecule has 1 aliphatic carbocycles. The highest BCUT2D eigenvalue weighted by Crippen LogP contribution is 2.38. The van der Waals surface area contributed by atoms with Crippen molar-refractivity contribution in [2.24, 2.45) is 5.92 Å². The zero-order chi connectivity index (χ0) is 16.6. The Balaban J connectivity index is 1.80. The van der Waals surface area contributed by atoms with E-state index in [-0.39, 0.29) is 44.6 Å². The van der Waals surface area contributed by atoms with Crippen molar-refractivity contribution in [2.75, 3.05) is 0 Å². The van der Waals surface area contributed by atoms with Crippen LogP contribution in [0.25, 0.3) is 0 Å². The molecule has 23 heavy (non-hydrogen) atoms. The first kappa shape index (κ1) is 15.9. The minimum Gasteiger partial charge on any atom is -0.480 e. The van der Waals surface area contributed by atoms with Gasteiger partial charge in [-0.1, -0.05) is 24.3 Å². The molecule has 1 N–H and O–H groups in total. The molecule has 3 rings (SSSR count). The van der Waals surface area contributed by atoms with Crippen LogP contribution in [-0.2, 0) is 22.6 Å². The van der Waals surface area contributed by atoms with Crippen LogP contribution in [0.5, 0.6) is 0 Å². The summed E-state index contributed by atoms with van der Waals surface area (Å²) in [6, 6.07) is 6.53. The van der Waals surface area contributed by atoms with Crippen LogP contribution in [0.4, 0.5) is 8.78 Å². The van der Waals surface area contributed by atoms with Crippen LogP contribution in [0, 0.1) is 5.92 Å². The average molecular weight is 323 g/mol. The summed E-state index contributed by atoms with van der Waals surface area (Å²) in [6.07, 6.45) is -0.0933. The number of amides is 1. The van der Waals surface area contributed by atoms with Gasteiger partial charge in [-0.25, -0.2) is 13.6 Å². The number of fused-ring (bicyclic) bond motifs is 1. The molecule has 4 nitrogen and oxygen atoms in total. The summed E-state index contributed by atoms with van der Waals surface area (Å²) in [5.74, 6) is -4.55. The van der Waals surface area contributed by atoms with Gasteiger partial charge in [0, 0.05) is 31.7 Å². The molecule has 1 atom stereocenters. The summed E-state index contributed by atoms with van der Waals surface area (Å²) >= 11 is 0. The normalized spacial score (nSPS) is 24.1. The van der Waals surface area contributed by atoms with Crippen LogP contribution in [0.15, 0.2) is 24.3 Å². The topological polar surface area (TPSA) is 57.6 Å². The van der Waals surface area contributed by atoms with E-state index in [4.69, 9.17) is 0 Å². The zero-order valence-corrected chi connectivity index (χ0v) is 12.7. The van der Waals surface area contributed by atoms with Gasteiger partial charge >= 0.3 is 5.97 Å². The SMILES string of the molecule is O=C(O)C1Cc2ccccc2CN1C(=O)C1CCC(F)(F)CC1. The van der Waals surface area contributed by atoms with Gasteiger partial charge in [-0.2, -0.15) is 0 Å². The van der Waals surface area contributed by atoms with Gasteiger partial charge in [0.15, 0.2) is 0 Å². The van der Waals surface area contributed by atoms with Crippen LogP contribution in [0.2, 0.25) is 0 Å². The number of hydrogen-bond acceptors (Lipinski definition) is 2. The van der Waals surface area contributed by atoms with Crippen molar-refractivity contribution < 1.29 is 23.5 Å². The van der Waals surface area contributed by atoms with E-state index in [1.165, 1.54) is 4.90 Å². The number of aliphatic carboxylic acids is 1. The standard InChI is InChI=1S/C17H19F2NO3/c18-17(19)7-5-11(6-8-17)15(21)20-10-13-4-2-1-3-12(13)9-14(20)16(22)23/h1-4,11,14H,5-10H2,(H,22,23). The first-order chi connectivity index (χ1) is 10.9. The molecule has 0 radical (unpaired) electrons. The largest absolute Gasteiger partial charge is 0.480 e. The third-order valence-electron chi connectivity index (χ3n) is 4.88. The number of rotatable bonds is 2. The smallest absolute Gasteiger partial charge is 0.326 e. The van der Waals surface area contributed by atoms with Crippen LogP contribution in [0.1, 0.15) is 36.8 Å².